The number of carbonyl (C=O) groups is 2. The molecule has 194 valence electrons. The maximum atomic E-state index is 12.9. The van der Waals surface area contributed by atoms with Gasteiger partial charge in [-0.3, -0.25) is 4.79 Å². The molecule has 0 N–H and O–H groups in total. The van der Waals surface area contributed by atoms with Crippen LogP contribution in [-0.2, 0) is 14.9 Å². The summed E-state index contributed by atoms with van der Waals surface area (Å²) in [6, 6.07) is 14.5. The number of piperidine rings is 1. The average molecular weight is 494 g/mol. The average Bonchev–Trinajstić information content (AvgIpc) is 2.87. The molecule has 2 aliphatic rings. The van der Waals surface area contributed by atoms with E-state index < -0.39 is 11.9 Å². The van der Waals surface area contributed by atoms with Crippen LogP contribution in [0, 0.1) is 5.92 Å². The highest BCUT2D eigenvalue weighted by Crippen LogP contribution is 2.40. The van der Waals surface area contributed by atoms with Crippen molar-refractivity contribution in [3.63, 3.8) is 0 Å². The van der Waals surface area contributed by atoms with Crippen molar-refractivity contribution < 1.29 is 23.8 Å². The molecule has 6 heteroatoms. The maximum absolute atomic E-state index is 12.9. The number of likely N-dealkylation sites (tertiary alicyclic amines) is 1. The van der Waals surface area contributed by atoms with Crippen molar-refractivity contribution in [2.24, 2.45) is 5.92 Å². The third-order valence-corrected chi connectivity index (χ3v) is 7.91. The summed E-state index contributed by atoms with van der Waals surface area (Å²) in [6.45, 7) is 10.1. The van der Waals surface area contributed by atoms with Gasteiger partial charge in [-0.2, -0.15) is 0 Å². The Morgan fingerprint density at radius 3 is 2.69 bits per heavy atom. The lowest BCUT2D eigenvalue weighted by Crippen LogP contribution is -2.47. The summed E-state index contributed by atoms with van der Waals surface area (Å²) in [6.07, 6.45) is 7.59. The van der Waals surface area contributed by atoms with Crippen molar-refractivity contribution in [3.05, 3.63) is 59.7 Å². The molecular weight excluding hydrogens is 454 g/mol. The van der Waals surface area contributed by atoms with E-state index in [2.05, 4.69) is 24.8 Å². The maximum Gasteiger partial charge on any atom is 0.347 e. The molecule has 0 saturated carbocycles. The van der Waals surface area contributed by atoms with Gasteiger partial charge in [0.15, 0.2) is 0 Å². The molecule has 0 aromatic heterocycles. The molecule has 2 aliphatic heterocycles. The standard InChI is InChI=1S/C30H39NO5/c1-22-21-31(17-9-13-25-11-6-7-19-34-25)18-16-30(22,3)24-10-8-12-26(20-24)36-29(33)27-14-4-5-15-28(27)35-23(2)32/h4-5,8,10,12,14-15,20,22,25H,6-7,9,11,13,16-19,21H2,1-3H3. The second-order valence-electron chi connectivity index (χ2n) is 10.5. The van der Waals surface area contributed by atoms with E-state index in [0.29, 0.717) is 17.8 Å². The predicted octanol–water partition coefficient (Wildman–Crippen LogP) is 5.78. The Bertz CT molecular complexity index is 1050. The van der Waals surface area contributed by atoms with Gasteiger partial charge in [-0.15, -0.1) is 0 Å². The predicted molar refractivity (Wildman–Crippen MR) is 140 cm³/mol. The summed E-state index contributed by atoms with van der Waals surface area (Å²) < 4.78 is 16.8. The molecule has 0 bridgehead atoms. The van der Waals surface area contributed by atoms with E-state index in [4.69, 9.17) is 14.2 Å². The van der Waals surface area contributed by atoms with Crippen LogP contribution in [0.15, 0.2) is 48.5 Å². The van der Waals surface area contributed by atoms with Crippen LogP contribution in [0.2, 0.25) is 0 Å². The lowest BCUT2D eigenvalue weighted by molar-refractivity contribution is -0.131. The monoisotopic (exact) mass is 493 g/mol. The molecule has 0 aliphatic carbocycles. The first-order valence-corrected chi connectivity index (χ1v) is 13.3. The fourth-order valence-electron chi connectivity index (χ4n) is 5.48. The quantitative estimate of drug-likeness (QED) is 0.343. The van der Waals surface area contributed by atoms with E-state index in [1.165, 1.54) is 38.2 Å². The number of hydrogen-bond acceptors (Lipinski definition) is 6. The molecule has 2 aromatic carbocycles. The molecule has 3 atom stereocenters. The number of rotatable bonds is 8. The zero-order valence-corrected chi connectivity index (χ0v) is 21.8. The van der Waals surface area contributed by atoms with Crippen molar-refractivity contribution in [2.75, 3.05) is 26.2 Å². The van der Waals surface area contributed by atoms with Gasteiger partial charge in [-0.1, -0.05) is 38.1 Å². The van der Waals surface area contributed by atoms with Crippen LogP contribution < -0.4 is 9.47 Å². The molecule has 0 spiro atoms. The molecule has 4 rings (SSSR count). The Morgan fingerprint density at radius 2 is 1.94 bits per heavy atom. The SMILES string of the molecule is CC(=O)Oc1ccccc1C(=O)Oc1cccc(C2(C)CCN(CCCC3CCCCO3)CC2C)c1. The van der Waals surface area contributed by atoms with Crippen LogP contribution in [0.4, 0.5) is 0 Å². The highest BCUT2D eigenvalue weighted by molar-refractivity contribution is 5.94. The van der Waals surface area contributed by atoms with Crippen molar-refractivity contribution in [2.45, 2.75) is 70.8 Å². The Morgan fingerprint density at radius 1 is 1.11 bits per heavy atom. The van der Waals surface area contributed by atoms with Crippen molar-refractivity contribution in [3.8, 4) is 11.5 Å². The van der Waals surface area contributed by atoms with Crippen LogP contribution >= 0.6 is 0 Å². The van der Waals surface area contributed by atoms with Crippen molar-refractivity contribution in [1.82, 2.24) is 4.90 Å². The first-order valence-electron chi connectivity index (χ1n) is 13.3. The Labute approximate surface area is 214 Å². The van der Waals surface area contributed by atoms with Gasteiger partial charge < -0.3 is 19.1 Å². The Hall–Kier alpha value is -2.70. The molecular formula is C30H39NO5. The lowest BCUT2D eigenvalue weighted by Gasteiger charge is -2.45. The number of nitrogens with zero attached hydrogens (tertiary/aromatic N) is 1. The van der Waals surface area contributed by atoms with E-state index in [-0.39, 0.29) is 16.7 Å². The molecule has 6 nitrogen and oxygen atoms in total. The van der Waals surface area contributed by atoms with Crippen molar-refractivity contribution in [1.29, 1.82) is 0 Å². The van der Waals surface area contributed by atoms with Crippen LogP contribution in [0.5, 0.6) is 11.5 Å². The van der Waals surface area contributed by atoms with Crippen LogP contribution in [0.1, 0.15) is 75.2 Å². The van der Waals surface area contributed by atoms with Crippen LogP contribution in [0.25, 0.3) is 0 Å². The van der Waals surface area contributed by atoms with Gasteiger partial charge in [-0.25, -0.2) is 4.79 Å². The van der Waals surface area contributed by atoms with Crippen LogP contribution in [-0.4, -0.2) is 49.2 Å². The van der Waals surface area contributed by atoms with Gasteiger partial charge >= 0.3 is 11.9 Å². The normalized spacial score (nSPS) is 24.8. The van der Waals surface area contributed by atoms with Crippen LogP contribution in [0.3, 0.4) is 0 Å². The number of esters is 2. The second kappa shape index (κ2) is 12.0. The zero-order chi connectivity index (χ0) is 25.5. The molecule has 2 saturated heterocycles. The number of ether oxygens (including phenoxy) is 3. The van der Waals surface area contributed by atoms with Gasteiger partial charge in [0.1, 0.15) is 17.1 Å². The van der Waals surface area contributed by atoms with Gasteiger partial charge in [0.2, 0.25) is 0 Å². The second-order valence-corrected chi connectivity index (χ2v) is 10.5. The van der Waals surface area contributed by atoms with Gasteiger partial charge in [-0.05, 0) is 92.8 Å². The summed E-state index contributed by atoms with van der Waals surface area (Å²) in [4.78, 5) is 26.9. The first kappa shape index (κ1) is 26.4. The van der Waals surface area contributed by atoms with E-state index in [1.54, 1.807) is 30.3 Å². The van der Waals surface area contributed by atoms with Gasteiger partial charge in [0, 0.05) is 20.1 Å². The molecule has 2 fully saturated rings. The number of para-hydroxylation sites is 1. The van der Waals surface area contributed by atoms with E-state index in [1.807, 2.05) is 12.1 Å². The lowest BCUT2D eigenvalue weighted by atomic mass is 9.68. The Balaban J connectivity index is 1.36. The summed E-state index contributed by atoms with van der Waals surface area (Å²) in [7, 11) is 0. The highest BCUT2D eigenvalue weighted by atomic mass is 16.5. The Kier molecular flexibility index (Phi) is 8.81. The third-order valence-electron chi connectivity index (χ3n) is 7.91. The van der Waals surface area contributed by atoms with Crippen molar-refractivity contribution >= 4 is 11.9 Å². The molecule has 36 heavy (non-hydrogen) atoms. The molecule has 3 unspecified atom stereocenters. The van der Waals surface area contributed by atoms with E-state index in [9.17, 15) is 9.59 Å². The van der Waals surface area contributed by atoms with E-state index >= 15 is 0 Å². The fourth-order valence-corrected chi connectivity index (χ4v) is 5.48. The summed E-state index contributed by atoms with van der Waals surface area (Å²) in [5.41, 5.74) is 1.41. The molecule has 2 heterocycles. The smallest absolute Gasteiger partial charge is 0.347 e. The minimum atomic E-state index is -0.543. The minimum absolute atomic E-state index is 0.00104. The summed E-state index contributed by atoms with van der Waals surface area (Å²) in [5.74, 6) is 0.146. The third kappa shape index (κ3) is 6.54. The number of hydrogen-bond donors (Lipinski definition) is 0. The molecule has 0 amide bonds. The van der Waals surface area contributed by atoms with Gasteiger partial charge in [0.05, 0.1) is 6.10 Å². The molecule has 0 radical (unpaired) electrons. The topological polar surface area (TPSA) is 65.1 Å². The highest BCUT2D eigenvalue weighted by Gasteiger charge is 2.38. The minimum Gasteiger partial charge on any atom is -0.426 e. The fraction of sp³-hybridized carbons (Fsp3) is 0.533. The number of carbonyl (C=O) groups excluding carboxylic acids is 2. The summed E-state index contributed by atoms with van der Waals surface area (Å²) >= 11 is 0. The first-order chi connectivity index (χ1) is 17.3. The molecule has 2 aromatic rings. The zero-order valence-electron chi connectivity index (χ0n) is 21.8. The van der Waals surface area contributed by atoms with Gasteiger partial charge in [0.25, 0.3) is 0 Å². The largest absolute Gasteiger partial charge is 0.426 e. The summed E-state index contributed by atoms with van der Waals surface area (Å²) in [5, 5.41) is 0. The van der Waals surface area contributed by atoms with E-state index in [0.717, 1.165) is 39.1 Å². The number of benzene rings is 2.